The van der Waals surface area contributed by atoms with Crippen molar-refractivity contribution in [2.24, 2.45) is 10.9 Å². The second-order valence-corrected chi connectivity index (χ2v) is 11.2. The number of aliphatic carboxylic acids is 1. The van der Waals surface area contributed by atoms with E-state index in [1.54, 1.807) is 11.0 Å². The van der Waals surface area contributed by atoms with Crippen molar-refractivity contribution in [1.29, 1.82) is 0 Å². The third-order valence-electron chi connectivity index (χ3n) is 7.00. The zero-order valence-electron chi connectivity index (χ0n) is 20.0. The molecule has 3 fully saturated rings. The number of carbonyl (C=O) groups excluding carboxylic acids is 3. The average Bonchev–Trinajstić information content (AvgIpc) is 3.63. The van der Waals surface area contributed by atoms with Gasteiger partial charge in [-0.3, -0.25) is 19.3 Å². The number of carbonyl (C=O) groups is 4. The quantitative estimate of drug-likeness (QED) is 0.0738. The van der Waals surface area contributed by atoms with Crippen molar-refractivity contribution in [3.8, 4) is 0 Å². The van der Waals surface area contributed by atoms with E-state index in [1.165, 1.54) is 17.1 Å². The Morgan fingerprint density at radius 2 is 2.16 bits per heavy atom. The summed E-state index contributed by atoms with van der Waals surface area (Å²) in [6.07, 6.45) is 2.83. The molecular formula is C22H26N8O6S2. The van der Waals surface area contributed by atoms with Gasteiger partial charge in [-0.25, -0.2) is 9.78 Å². The molecule has 3 saturated heterocycles. The summed E-state index contributed by atoms with van der Waals surface area (Å²) in [7, 11) is 0. The van der Waals surface area contributed by atoms with Gasteiger partial charge in [0.1, 0.15) is 22.8 Å². The van der Waals surface area contributed by atoms with Crippen LogP contribution in [0.3, 0.4) is 0 Å². The third-order valence-corrected chi connectivity index (χ3v) is 8.97. The van der Waals surface area contributed by atoms with Gasteiger partial charge in [0, 0.05) is 48.4 Å². The molecule has 3 amide bonds. The molecule has 14 nitrogen and oxygen atoms in total. The van der Waals surface area contributed by atoms with Gasteiger partial charge in [0.05, 0.1) is 0 Å². The van der Waals surface area contributed by atoms with Crippen LogP contribution in [0, 0.1) is 0 Å². The van der Waals surface area contributed by atoms with Crippen LogP contribution in [0.1, 0.15) is 18.5 Å². The molecule has 8 N–H and O–H groups in total. The smallest absolute Gasteiger partial charge is 0.352 e. The Hall–Kier alpha value is -3.47. The standard InChI is InChI=1S/C22H26N8O6S2/c23-5-11-4-12(6-25-11)29-2-1-9(18(29)32)3-10-7-37-20-15(19(33)30(20)16(10)21(34)35)27-17(31)14(28-36)13-8-38-22(24)26-13/h3,8,11-12,15,20,25,36H,1-2,4-7,23H2,(H2,24,26)(H,27,31)(H,34,35)/t11?,12?,15-,20-/m1/s1. The fourth-order valence-corrected chi connectivity index (χ4v) is 6.97. The zero-order valence-corrected chi connectivity index (χ0v) is 21.6. The number of nitrogens with zero attached hydrogens (tertiary/aromatic N) is 4. The molecule has 5 rings (SSSR count). The van der Waals surface area contributed by atoms with Gasteiger partial charge in [-0.15, -0.1) is 23.1 Å². The average molecular weight is 563 g/mol. The number of likely N-dealkylation sites (tertiary alicyclic amines) is 1. The number of β-lactam (4-membered cyclic amide) rings is 1. The van der Waals surface area contributed by atoms with Crippen molar-refractivity contribution in [2.45, 2.75) is 36.3 Å². The van der Waals surface area contributed by atoms with Crippen molar-refractivity contribution < 1.29 is 29.5 Å². The van der Waals surface area contributed by atoms with Gasteiger partial charge >= 0.3 is 5.97 Å². The van der Waals surface area contributed by atoms with E-state index in [-0.39, 0.29) is 40.3 Å². The Bertz CT molecular complexity index is 1290. The maximum Gasteiger partial charge on any atom is 0.352 e. The second-order valence-electron chi connectivity index (χ2n) is 9.21. The molecule has 0 radical (unpaired) electrons. The molecule has 4 aliphatic rings. The molecule has 2 unspecified atom stereocenters. The maximum atomic E-state index is 13.1. The monoisotopic (exact) mass is 562 g/mol. The molecule has 4 aliphatic heterocycles. The van der Waals surface area contributed by atoms with Crippen LogP contribution < -0.4 is 22.1 Å². The second kappa shape index (κ2) is 10.4. The minimum absolute atomic E-state index is 0.0365. The van der Waals surface area contributed by atoms with Crippen molar-refractivity contribution in [3.63, 3.8) is 0 Å². The van der Waals surface area contributed by atoms with E-state index in [1.807, 2.05) is 0 Å². The molecule has 0 spiro atoms. The minimum Gasteiger partial charge on any atom is -0.477 e. The highest BCUT2D eigenvalue weighted by molar-refractivity contribution is 8.00. The lowest BCUT2D eigenvalue weighted by Gasteiger charge is -2.49. The van der Waals surface area contributed by atoms with Crippen LogP contribution in [0.25, 0.3) is 0 Å². The number of nitrogen functional groups attached to an aromatic ring is 1. The fourth-order valence-electron chi connectivity index (χ4n) is 5.11. The predicted octanol–water partition coefficient (Wildman–Crippen LogP) is -1.51. The van der Waals surface area contributed by atoms with Gasteiger partial charge < -0.3 is 37.3 Å². The van der Waals surface area contributed by atoms with Gasteiger partial charge in [0.15, 0.2) is 10.8 Å². The first-order valence-electron chi connectivity index (χ1n) is 11.8. The molecule has 16 heteroatoms. The molecule has 4 atom stereocenters. The summed E-state index contributed by atoms with van der Waals surface area (Å²) in [5, 5.41) is 29.0. The van der Waals surface area contributed by atoms with Gasteiger partial charge in [-0.05, 0) is 24.5 Å². The number of thioether (sulfide) groups is 1. The van der Waals surface area contributed by atoms with E-state index in [2.05, 4.69) is 20.8 Å². The van der Waals surface area contributed by atoms with E-state index in [9.17, 15) is 29.5 Å². The number of nitrogens with two attached hydrogens (primary N) is 2. The summed E-state index contributed by atoms with van der Waals surface area (Å²) in [5.74, 6) is -2.69. The maximum absolute atomic E-state index is 13.1. The first-order valence-corrected chi connectivity index (χ1v) is 13.8. The lowest BCUT2D eigenvalue weighted by molar-refractivity contribution is -0.150. The topological polar surface area (TPSA) is 217 Å². The highest BCUT2D eigenvalue weighted by Crippen LogP contribution is 2.41. The fraction of sp³-hybridized carbons (Fsp3) is 0.455. The number of carboxylic acids is 1. The van der Waals surface area contributed by atoms with Crippen molar-refractivity contribution in [2.75, 3.05) is 31.1 Å². The van der Waals surface area contributed by atoms with E-state index in [4.69, 9.17) is 11.5 Å². The SMILES string of the molecule is NCC1CC(N2CCC(=CC3=C(C(=O)O)N4C(=O)[C@@H](NC(=O)C(=NO)c5csc(N)n5)[C@H]4SC3)C2=O)CN1. The van der Waals surface area contributed by atoms with Crippen LogP contribution in [-0.2, 0) is 19.2 Å². The first-order chi connectivity index (χ1) is 18.2. The van der Waals surface area contributed by atoms with Crippen molar-refractivity contribution in [3.05, 3.63) is 34.0 Å². The van der Waals surface area contributed by atoms with Crippen LogP contribution in [0.2, 0.25) is 0 Å². The molecule has 0 saturated carbocycles. The lowest BCUT2D eigenvalue weighted by Crippen LogP contribution is -2.71. The number of hydrogen-bond donors (Lipinski definition) is 6. The van der Waals surface area contributed by atoms with Crippen molar-refractivity contribution in [1.82, 2.24) is 25.4 Å². The number of thiazole rings is 1. The molecule has 1 aromatic heterocycles. The van der Waals surface area contributed by atoms with Crippen LogP contribution in [0.4, 0.5) is 5.13 Å². The van der Waals surface area contributed by atoms with Crippen LogP contribution in [0.15, 0.2) is 33.5 Å². The summed E-state index contributed by atoms with van der Waals surface area (Å²) in [6, 6.07) is -0.828. The highest BCUT2D eigenvalue weighted by Gasteiger charge is 2.54. The number of nitrogens with one attached hydrogen (secondary N) is 2. The summed E-state index contributed by atoms with van der Waals surface area (Å²) in [4.78, 5) is 57.8. The molecule has 1 aromatic rings. The minimum atomic E-state index is -1.30. The zero-order chi connectivity index (χ0) is 27.1. The summed E-state index contributed by atoms with van der Waals surface area (Å²) < 4.78 is 0. The third kappa shape index (κ3) is 4.53. The number of aromatic nitrogens is 1. The van der Waals surface area contributed by atoms with Crippen LogP contribution >= 0.6 is 23.1 Å². The van der Waals surface area contributed by atoms with Crippen LogP contribution in [0.5, 0.6) is 0 Å². The number of hydrogen-bond acceptors (Lipinski definition) is 12. The Labute approximate surface area is 224 Å². The largest absolute Gasteiger partial charge is 0.477 e. The van der Waals surface area contributed by atoms with Gasteiger partial charge in [0.25, 0.3) is 11.8 Å². The molecule has 0 bridgehead atoms. The number of allylic oxidation sites excluding steroid dienone is 1. The number of anilines is 1. The normalized spacial score (nSPS) is 28.7. The van der Waals surface area contributed by atoms with E-state index in [0.717, 1.165) is 22.7 Å². The summed E-state index contributed by atoms with van der Waals surface area (Å²) >= 11 is 2.32. The van der Waals surface area contributed by atoms with Crippen LogP contribution in [-0.4, -0.2) is 103 Å². The Kier molecular flexibility index (Phi) is 7.13. The molecule has 5 heterocycles. The van der Waals surface area contributed by atoms with E-state index < -0.39 is 34.9 Å². The molecule has 38 heavy (non-hydrogen) atoms. The number of rotatable bonds is 7. The van der Waals surface area contributed by atoms with Gasteiger partial charge in [0.2, 0.25) is 5.91 Å². The number of amides is 3. The van der Waals surface area contributed by atoms with Gasteiger partial charge in [-0.2, -0.15) is 0 Å². The number of oxime groups is 1. The predicted molar refractivity (Wildman–Crippen MR) is 138 cm³/mol. The molecule has 0 aromatic carbocycles. The molecule has 0 aliphatic carbocycles. The summed E-state index contributed by atoms with van der Waals surface area (Å²) in [5.41, 5.74) is 11.6. The highest BCUT2D eigenvalue weighted by atomic mass is 32.2. The molecular weight excluding hydrogens is 536 g/mol. The van der Waals surface area contributed by atoms with E-state index in [0.29, 0.717) is 37.2 Å². The first kappa shape index (κ1) is 26.1. The van der Waals surface area contributed by atoms with E-state index >= 15 is 0 Å². The molecule has 202 valence electrons. The Morgan fingerprint density at radius 1 is 1.37 bits per heavy atom. The Balaban J connectivity index is 1.31. The Morgan fingerprint density at radius 3 is 2.79 bits per heavy atom. The lowest BCUT2D eigenvalue weighted by atomic mass is 10.0. The van der Waals surface area contributed by atoms with Gasteiger partial charge in [-0.1, -0.05) is 5.16 Å². The number of fused-ring (bicyclic) bond motifs is 1. The number of carboxylic acid groups (broad SMARTS) is 1. The summed E-state index contributed by atoms with van der Waals surface area (Å²) in [6.45, 7) is 1.69. The van der Waals surface area contributed by atoms with Crippen molar-refractivity contribution >= 4 is 57.6 Å².